The number of rotatable bonds is 2. The summed E-state index contributed by atoms with van der Waals surface area (Å²) in [7, 11) is 0. The number of aliphatic carboxylic acids is 1. The number of carbonyl (C=O) groups is 1. The summed E-state index contributed by atoms with van der Waals surface area (Å²) in [5.41, 5.74) is -0.240. The quantitative estimate of drug-likeness (QED) is 0.759. The van der Waals surface area contributed by atoms with Gasteiger partial charge in [0.2, 0.25) is 0 Å². The van der Waals surface area contributed by atoms with Crippen molar-refractivity contribution in [3.63, 3.8) is 0 Å². The molecule has 0 aliphatic heterocycles. The van der Waals surface area contributed by atoms with E-state index in [1.165, 1.54) is 0 Å². The van der Waals surface area contributed by atoms with Crippen LogP contribution in [0.3, 0.4) is 0 Å². The van der Waals surface area contributed by atoms with E-state index in [-0.39, 0.29) is 17.3 Å². The Bertz CT molecular complexity index is 232. The topological polar surface area (TPSA) is 37.3 Å². The maximum atomic E-state index is 10.7. The van der Waals surface area contributed by atoms with Crippen molar-refractivity contribution in [2.75, 3.05) is 0 Å². The van der Waals surface area contributed by atoms with Gasteiger partial charge in [0.05, 0.1) is 5.92 Å². The number of hydrogen-bond acceptors (Lipinski definition) is 1. The minimum absolute atomic E-state index is 0.0301. The van der Waals surface area contributed by atoms with Gasteiger partial charge in [-0.05, 0) is 17.8 Å². The Morgan fingerprint density at radius 3 is 2.15 bits per heavy atom. The molecule has 1 aliphatic carbocycles. The molecule has 76 valence electrons. The van der Waals surface area contributed by atoms with E-state index in [1.54, 1.807) is 0 Å². The predicted molar refractivity (Wildman–Crippen MR) is 53.3 cm³/mol. The van der Waals surface area contributed by atoms with Crippen molar-refractivity contribution in [3.8, 4) is 0 Å². The van der Waals surface area contributed by atoms with E-state index >= 15 is 0 Å². The van der Waals surface area contributed by atoms with Crippen molar-refractivity contribution >= 4 is 40.8 Å². The van der Waals surface area contributed by atoms with Gasteiger partial charge in [-0.25, -0.2) is 0 Å². The molecular weight excluding hydrogens is 234 g/mol. The summed E-state index contributed by atoms with van der Waals surface area (Å²) < 4.78 is -1.34. The molecule has 2 nitrogen and oxygen atoms in total. The predicted octanol–water partition coefficient (Wildman–Crippen LogP) is 3.10. The van der Waals surface area contributed by atoms with Crippen molar-refractivity contribution in [1.29, 1.82) is 0 Å². The fourth-order valence-electron chi connectivity index (χ4n) is 1.86. The van der Waals surface area contributed by atoms with Crippen LogP contribution in [0.5, 0.6) is 0 Å². The van der Waals surface area contributed by atoms with Gasteiger partial charge in [-0.1, -0.05) is 48.7 Å². The zero-order valence-electron chi connectivity index (χ0n) is 7.35. The Kier molecular flexibility index (Phi) is 2.79. The first-order valence-corrected chi connectivity index (χ1v) is 5.09. The Morgan fingerprint density at radius 2 is 1.92 bits per heavy atom. The second-order valence-electron chi connectivity index (χ2n) is 4.06. The lowest BCUT2D eigenvalue weighted by atomic mass is 10.1. The van der Waals surface area contributed by atoms with Gasteiger partial charge in [-0.15, -0.1) is 0 Å². The summed E-state index contributed by atoms with van der Waals surface area (Å²) in [4.78, 5) is 10.7. The Morgan fingerprint density at radius 1 is 1.46 bits per heavy atom. The van der Waals surface area contributed by atoms with Crippen LogP contribution in [0.15, 0.2) is 0 Å². The Labute approximate surface area is 92.2 Å². The molecule has 0 aromatic heterocycles. The van der Waals surface area contributed by atoms with Gasteiger partial charge < -0.3 is 5.11 Å². The van der Waals surface area contributed by atoms with Crippen LogP contribution in [0, 0.1) is 17.3 Å². The molecule has 0 spiro atoms. The summed E-state index contributed by atoms with van der Waals surface area (Å²) in [5, 5.41) is 8.83. The summed E-state index contributed by atoms with van der Waals surface area (Å²) in [6, 6.07) is 0. The van der Waals surface area contributed by atoms with Crippen LogP contribution in [0.2, 0.25) is 0 Å². The third-order valence-electron chi connectivity index (χ3n) is 2.77. The van der Waals surface area contributed by atoms with Gasteiger partial charge in [-0.2, -0.15) is 0 Å². The van der Waals surface area contributed by atoms with Gasteiger partial charge in [0.1, 0.15) is 0 Å². The summed E-state index contributed by atoms with van der Waals surface area (Å²) in [5.74, 6) is -1.20. The third kappa shape index (κ3) is 2.42. The van der Waals surface area contributed by atoms with Crippen LogP contribution >= 0.6 is 34.8 Å². The van der Waals surface area contributed by atoms with E-state index in [1.807, 2.05) is 13.8 Å². The van der Waals surface area contributed by atoms with Crippen molar-refractivity contribution < 1.29 is 9.90 Å². The molecule has 0 aromatic carbocycles. The van der Waals surface area contributed by atoms with Crippen molar-refractivity contribution in [2.24, 2.45) is 17.3 Å². The number of alkyl halides is 3. The number of carboxylic acid groups (broad SMARTS) is 1. The maximum absolute atomic E-state index is 10.7. The first kappa shape index (κ1) is 11.4. The molecule has 1 aliphatic rings. The lowest BCUT2D eigenvalue weighted by Gasteiger charge is -2.10. The van der Waals surface area contributed by atoms with Crippen LogP contribution in [0.25, 0.3) is 0 Å². The van der Waals surface area contributed by atoms with Crippen LogP contribution in [0.1, 0.15) is 20.3 Å². The number of carboxylic acids is 1. The molecule has 13 heavy (non-hydrogen) atoms. The van der Waals surface area contributed by atoms with Crippen LogP contribution in [-0.4, -0.2) is 14.9 Å². The molecule has 0 aromatic rings. The molecule has 5 heteroatoms. The Hall–Kier alpha value is 0.340. The minimum Gasteiger partial charge on any atom is -0.481 e. The van der Waals surface area contributed by atoms with Crippen LogP contribution in [0.4, 0.5) is 0 Å². The average molecular weight is 246 g/mol. The van der Waals surface area contributed by atoms with Gasteiger partial charge in [0.25, 0.3) is 0 Å². The van der Waals surface area contributed by atoms with E-state index in [9.17, 15) is 4.79 Å². The highest BCUT2D eigenvalue weighted by molar-refractivity contribution is 6.67. The molecule has 0 heterocycles. The van der Waals surface area contributed by atoms with E-state index in [4.69, 9.17) is 39.9 Å². The highest BCUT2D eigenvalue weighted by atomic mass is 35.6. The fourth-order valence-corrected chi connectivity index (χ4v) is 2.36. The largest absolute Gasteiger partial charge is 0.481 e. The molecule has 1 N–H and O–H groups in total. The van der Waals surface area contributed by atoms with Crippen LogP contribution < -0.4 is 0 Å². The molecule has 0 saturated heterocycles. The molecular formula is C8H11Cl3O2. The second-order valence-corrected chi connectivity index (χ2v) is 6.58. The molecule has 0 bridgehead atoms. The molecule has 1 rings (SSSR count). The summed E-state index contributed by atoms with van der Waals surface area (Å²) in [6.07, 6.45) is 0.307. The normalized spacial score (nSPS) is 31.5. The lowest BCUT2D eigenvalue weighted by molar-refractivity contribution is -0.139. The molecule has 1 saturated carbocycles. The summed E-state index contributed by atoms with van der Waals surface area (Å²) in [6.45, 7) is 3.76. The zero-order valence-corrected chi connectivity index (χ0v) is 9.62. The molecule has 0 unspecified atom stereocenters. The lowest BCUT2D eigenvalue weighted by Crippen LogP contribution is -2.07. The zero-order chi connectivity index (χ0) is 10.4. The monoisotopic (exact) mass is 244 g/mol. The Balaban J connectivity index is 2.61. The maximum Gasteiger partial charge on any atom is 0.307 e. The van der Waals surface area contributed by atoms with E-state index in [0.717, 1.165) is 0 Å². The molecule has 0 amide bonds. The first-order valence-electron chi connectivity index (χ1n) is 3.96. The van der Waals surface area contributed by atoms with Gasteiger partial charge in [0.15, 0.2) is 3.79 Å². The van der Waals surface area contributed by atoms with E-state index < -0.39 is 9.76 Å². The fraction of sp³-hybridized carbons (Fsp3) is 0.875. The van der Waals surface area contributed by atoms with Crippen molar-refractivity contribution in [3.05, 3.63) is 0 Å². The van der Waals surface area contributed by atoms with Gasteiger partial charge in [0, 0.05) is 0 Å². The highest BCUT2D eigenvalue weighted by Gasteiger charge is 2.63. The van der Waals surface area contributed by atoms with E-state index in [0.29, 0.717) is 6.42 Å². The van der Waals surface area contributed by atoms with Gasteiger partial charge >= 0.3 is 5.97 Å². The second kappa shape index (κ2) is 3.18. The van der Waals surface area contributed by atoms with Crippen molar-refractivity contribution in [1.82, 2.24) is 0 Å². The van der Waals surface area contributed by atoms with Gasteiger partial charge in [-0.3, -0.25) is 4.79 Å². The number of halogens is 3. The smallest absolute Gasteiger partial charge is 0.307 e. The van der Waals surface area contributed by atoms with Crippen LogP contribution in [-0.2, 0) is 4.79 Å². The number of hydrogen-bond donors (Lipinski definition) is 1. The molecule has 2 atom stereocenters. The van der Waals surface area contributed by atoms with Crippen molar-refractivity contribution in [2.45, 2.75) is 24.1 Å². The standard InChI is InChI=1S/C8H11Cl3O2/c1-7(2)4(3-8(9,10)11)5(7)6(12)13/h4-5H,3H2,1-2H3,(H,12,13)/t4-,5-/m0/s1. The minimum atomic E-state index is -1.34. The van der Waals surface area contributed by atoms with E-state index in [2.05, 4.69) is 0 Å². The molecule has 0 radical (unpaired) electrons. The average Bonchev–Trinajstić information content (AvgIpc) is 2.28. The third-order valence-corrected chi connectivity index (χ3v) is 3.23. The highest BCUT2D eigenvalue weighted by Crippen LogP contribution is 2.62. The SMILES string of the molecule is CC1(C)[C@H](C(=O)O)[C@@H]1CC(Cl)(Cl)Cl. The summed E-state index contributed by atoms with van der Waals surface area (Å²) >= 11 is 16.8. The molecule has 1 fully saturated rings. The first-order chi connectivity index (χ1) is 5.66.